The molecule has 0 saturated heterocycles. The maximum absolute atomic E-state index is 13.8. The van der Waals surface area contributed by atoms with Crippen LogP contribution in [0.1, 0.15) is 41.6 Å². The molecule has 0 aliphatic carbocycles. The van der Waals surface area contributed by atoms with Gasteiger partial charge in [0.25, 0.3) is 15.9 Å². The molecule has 0 saturated carbocycles. The van der Waals surface area contributed by atoms with Crippen LogP contribution in [0.15, 0.2) is 53.4 Å². The number of aryl methyl sites for hydroxylation is 1. The summed E-state index contributed by atoms with van der Waals surface area (Å²) < 4.78 is 41.1. The summed E-state index contributed by atoms with van der Waals surface area (Å²) in [6, 6.07) is 10.9. The molecule has 0 fully saturated rings. The maximum atomic E-state index is 13.8. The highest BCUT2D eigenvalue weighted by molar-refractivity contribution is 7.92. The van der Waals surface area contributed by atoms with Gasteiger partial charge in [-0.3, -0.25) is 14.8 Å². The van der Waals surface area contributed by atoms with Gasteiger partial charge in [0, 0.05) is 12.0 Å². The number of sulfonamides is 1. The smallest absolute Gasteiger partial charge is 0.262 e. The molecular formula is C20H21FN4O3S2. The first kappa shape index (κ1) is 21.8. The molecule has 0 radical (unpaired) electrons. The number of rotatable bonds is 9. The molecule has 2 aromatic carbocycles. The van der Waals surface area contributed by atoms with Gasteiger partial charge in [0.2, 0.25) is 5.13 Å². The number of unbranched alkanes of at least 4 members (excludes halogenated alkanes) is 2. The molecule has 0 bridgehead atoms. The highest BCUT2D eigenvalue weighted by atomic mass is 32.2. The lowest BCUT2D eigenvalue weighted by atomic mass is 10.2. The number of para-hydroxylation sites is 1. The quantitative estimate of drug-likeness (QED) is 0.471. The number of carbonyl (C=O) groups is 1. The van der Waals surface area contributed by atoms with Crippen LogP contribution in [-0.2, 0) is 16.4 Å². The van der Waals surface area contributed by atoms with E-state index in [0.29, 0.717) is 5.13 Å². The molecule has 30 heavy (non-hydrogen) atoms. The molecule has 1 aromatic heterocycles. The zero-order valence-electron chi connectivity index (χ0n) is 16.3. The average Bonchev–Trinajstić information content (AvgIpc) is 3.17. The Balaban J connectivity index is 1.71. The van der Waals surface area contributed by atoms with E-state index < -0.39 is 21.7 Å². The third-order valence-corrected chi connectivity index (χ3v) is 6.47. The number of anilines is 2. The van der Waals surface area contributed by atoms with Crippen molar-refractivity contribution in [2.45, 2.75) is 37.5 Å². The van der Waals surface area contributed by atoms with Crippen LogP contribution in [0.25, 0.3) is 0 Å². The number of halogens is 1. The van der Waals surface area contributed by atoms with Crippen molar-refractivity contribution in [3.05, 3.63) is 64.9 Å². The summed E-state index contributed by atoms with van der Waals surface area (Å²) in [5.74, 6) is -1.20. The van der Waals surface area contributed by atoms with E-state index in [1.165, 1.54) is 53.8 Å². The Morgan fingerprint density at radius 1 is 1.10 bits per heavy atom. The van der Waals surface area contributed by atoms with Gasteiger partial charge in [-0.05, 0) is 36.8 Å². The van der Waals surface area contributed by atoms with Crippen molar-refractivity contribution in [3.8, 4) is 0 Å². The largest absolute Gasteiger partial charge is 0.296 e. The SMILES string of the molecule is CCCCCc1nnc(NC(=O)c2cccc(S(=O)(=O)Nc3ccccc3F)c2)s1. The zero-order chi connectivity index (χ0) is 21.6. The number of nitrogens with zero attached hydrogens (tertiary/aromatic N) is 2. The number of aromatic nitrogens is 2. The van der Waals surface area contributed by atoms with E-state index in [0.717, 1.165) is 36.8 Å². The van der Waals surface area contributed by atoms with Crippen LogP contribution < -0.4 is 10.0 Å². The van der Waals surface area contributed by atoms with Crippen LogP contribution in [0, 0.1) is 5.82 Å². The maximum Gasteiger partial charge on any atom is 0.262 e. The summed E-state index contributed by atoms with van der Waals surface area (Å²) in [5.41, 5.74) is -0.0361. The fourth-order valence-corrected chi connectivity index (χ4v) is 4.54. The second-order valence-corrected chi connectivity index (χ2v) is 9.27. The fraction of sp³-hybridized carbons (Fsp3) is 0.250. The van der Waals surface area contributed by atoms with Crippen molar-refractivity contribution in [1.29, 1.82) is 0 Å². The Labute approximate surface area is 178 Å². The Hall–Kier alpha value is -2.85. The van der Waals surface area contributed by atoms with Gasteiger partial charge < -0.3 is 0 Å². The first-order valence-electron chi connectivity index (χ1n) is 9.40. The van der Waals surface area contributed by atoms with E-state index in [2.05, 4.69) is 27.2 Å². The molecule has 10 heteroatoms. The highest BCUT2D eigenvalue weighted by Crippen LogP contribution is 2.21. The van der Waals surface area contributed by atoms with E-state index in [1.54, 1.807) is 0 Å². The summed E-state index contributed by atoms with van der Waals surface area (Å²) >= 11 is 1.29. The number of nitrogens with one attached hydrogen (secondary N) is 2. The van der Waals surface area contributed by atoms with Gasteiger partial charge in [-0.25, -0.2) is 12.8 Å². The van der Waals surface area contributed by atoms with Gasteiger partial charge in [-0.2, -0.15) is 0 Å². The van der Waals surface area contributed by atoms with Gasteiger partial charge >= 0.3 is 0 Å². The highest BCUT2D eigenvalue weighted by Gasteiger charge is 2.18. The lowest BCUT2D eigenvalue weighted by Gasteiger charge is -2.10. The molecular weight excluding hydrogens is 427 g/mol. The van der Waals surface area contributed by atoms with Crippen LogP contribution >= 0.6 is 11.3 Å². The predicted octanol–water partition coefficient (Wildman–Crippen LogP) is 4.46. The Morgan fingerprint density at radius 3 is 2.67 bits per heavy atom. The van der Waals surface area contributed by atoms with Crippen molar-refractivity contribution in [2.24, 2.45) is 0 Å². The van der Waals surface area contributed by atoms with Crippen molar-refractivity contribution >= 4 is 38.1 Å². The first-order valence-corrected chi connectivity index (χ1v) is 11.7. The molecule has 1 amide bonds. The number of hydrogen-bond acceptors (Lipinski definition) is 6. The van der Waals surface area contributed by atoms with Crippen molar-refractivity contribution in [3.63, 3.8) is 0 Å². The molecule has 0 aliphatic rings. The standard InChI is InChI=1S/C20H21FN4O3S2/c1-2-3-4-12-18-23-24-20(29-18)22-19(26)14-8-7-9-15(13-14)30(27,28)25-17-11-6-5-10-16(17)21/h5-11,13,25H,2-4,12H2,1H3,(H,22,24,26). The predicted molar refractivity (Wildman–Crippen MR) is 115 cm³/mol. The molecule has 0 aliphatic heterocycles. The minimum atomic E-state index is -4.07. The summed E-state index contributed by atoms with van der Waals surface area (Å²) in [4.78, 5) is 12.4. The van der Waals surface area contributed by atoms with Crippen LogP contribution in [0.4, 0.5) is 15.2 Å². The van der Waals surface area contributed by atoms with Gasteiger partial charge in [0.15, 0.2) is 0 Å². The van der Waals surface area contributed by atoms with Gasteiger partial charge in [-0.1, -0.05) is 49.3 Å². The zero-order valence-corrected chi connectivity index (χ0v) is 17.9. The lowest BCUT2D eigenvalue weighted by Crippen LogP contribution is -2.16. The fourth-order valence-electron chi connectivity index (χ4n) is 2.65. The molecule has 3 aromatic rings. The Bertz CT molecular complexity index is 1130. The average molecular weight is 449 g/mol. The van der Waals surface area contributed by atoms with Crippen molar-refractivity contribution < 1.29 is 17.6 Å². The second kappa shape index (κ2) is 9.77. The molecule has 7 nitrogen and oxygen atoms in total. The number of amides is 1. The summed E-state index contributed by atoms with van der Waals surface area (Å²) in [7, 11) is -4.07. The van der Waals surface area contributed by atoms with Crippen LogP contribution in [0.2, 0.25) is 0 Å². The second-order valence-electron chi connectivity index (χ2n) is 6.53. The third-order valence-electron chi connectivity index (χ3n) is 4.21. The van der Waals surface area contributed by atoms with Gasteiger partial charge in [0.05, 0.1) is 10.6 Å². The third kappa shape index (κ3) is 5.61. The Kier molecular flexibility index (Phi) is 7.11. The Morgan fingerprint density at radius 2 is 1.90 bits per heavy atom. The van der Waals surface area contributed by atoms with Crippen molar-refractivity contribution in [1.82, 2.24) is 10.2 Å². The van der Waals surface area contributed by atoms with E-state index >= 15 is 0 Å². The normalized spacial score (nSPS) is 11.3. The molecule has 0 atom stereocenters. The van der Waals surface area contributed by atoms with Gasteiger partial charge in [0.1, 0.15) is 10.8 Å². The number of hydrogen-bond donors (Lipinski definition) is 2. The minimum absolute atomic E-state index is 0.133. The minimum Gasteiger partial charge on any atom is -0.296 e. The molecule has 0 spiro atoms. The van der Waals surface area contributed by atoms with Crippen LogP contribution in [0.5, 0.6) is 0 Å². The number of carbonyl (C=O) groups excluding carboxylic acids is 1. The van der Waals surface area contributed by atoms with E-state index in [-0.39, 0.29) is 16.1 Å². The summed E-state index contributed by atoms with van der Waals surface area (Å²) in [6.45, 7) is 2.12. The number of benzene rings is 2. The van der Waals surface area contributed by atoms with Crippen molar-refractivity contribution in [2.75, 3.05) is 10.0 Å². The molecule has 1 heterocycles. The molecule has 158 valence electrons. The van der Waals surface area contributed by atoms with E-state index in [1.807, 2.05) is 0 Å². The van der Waals surface area contributed by atoms with Crippen LogP contribution in [0.3, 0.4) is 0 Å². The lowest BCUT2D eigenvalue weighted by molar-refractivity contribution is 0.102. The van der Waals surface area contributed by atoms with Crippen LogP contribution in [-0.4, -0.2) is 24.5 Å². The van der Waals surface area contributed by atoms with E-state index in [4.69, 9.17) is 0 Å². The first-order chi connectivity index (χ1) is 14.4. The van der Waals surface area contributed by atoms with Gasteiger partial charge in [-0.15, -0.1) is 10.2 Å². The molecule has 0 unspecified atom stereocenters. The van der Waals surface area contributed by atoms with E-state index in [9.17, 15) is 17.6 Å². The molecule has 3 rings (SSSR count). The monoisotopic (exact) mass is 448 g/mol. The molecule has 2 N–H and O–H groups in total. The summed E-state index contributed by atoms with van der Waals surface area (Å²) in [5, 5.41) is 11.8. The topological polar surface area (TPSA) is 101 Å². The summed E-state index contributed by atoms with van der Waals surface area (Å²) in [6.07, 6.45) is 4.02.